The van der Waals surface area contributed by atoms with Crippen LogP contribution in [0.5, 0.6) is 0 Å². The first-order chi connectivity index (χ1) is 15.0. The van der Waals surface area contributed by atoms with Crippen LogP contribution in [0.4, 0.5) is 11.6 Å². The van der Waals surface area contributed by atoms with E-state index in [1.54, 1.807) is 31.5 Å². The van der Waals surface area contributed by atoms with Crippen LogP contribution in [0.1, 0.15) is 31.4 Å². The number of hydrogen-bond donors (Lipinski definition) is 2. The molecule has 0 aromatic carbocycles. The number of aliphatic hydroxyl groups is 2. The van der Waals surface area contributed by atoms with Crippen molar-refractivity contribution in [3.63, 3.8) is 0 Å². The predicted octanol–water partition coefficient (Wildman–Crippen LogP) is 2.13. The molecule has 2 atom stereocenters. The lowest BCUT2D eigenvalue weighted by molar-refractivity contribution is 0.122. The van der Waals surface area contributed by atoms with E-state index < -0.39 is 12.2 Å². The Morgan fingerprint density at radius 3 is 2.52 bits per heavy atom. The largest absolute Gasteiger partial charge is 0.392 e. The average molecular weight is 444 g/mol. The number of nitrogens with zero attached hydrogens (tertiary/aromatic N) is 5. The van der Waals surface area contributed by atoms with Crippen molar-refractivity contribution in [3.05, 3.63) is 17.5 Å². The van der Waals surface area contributed by atoms with Crippen LogP contribution >= 0.6 is 11.3 Å². The van der Waals surface area contributed by atoms with E-state index in [1.807, 2.05) is 4.90 Å². The normalized spacial score (nSPS) is 18.5. The lowest BCUT2D eigenvalue weighted by Gasteiger charge is -2.29. The summed E-state index contributed by atoms with van der Waals surface area (Å²) in [6.07, 6.45) is 3.76. The number of aliphatic hydroxyl groups excluding tert-OH is 2. The highest BCUT2D eigenvalue weighted by atomic mass is 32.1. The summed E-state index contributed by atoms with van der Waals surface area (Å²) in [5.74, 6) is 1.86. The lowest BCUT2D eigenvalue weighted by Crippen LogP contribution is -2.37. The van der Waals surface area contributed by atoms with Gasteiger partial charge in [0.1, 0.15) is 22.8 Å². The SMILES string of the molecule is C[C@@H](O)CN(C[C@@H](C)O)c1ncnc2c1sc1nc(N3CCOCC3)c3c(c12)CCC3. The van der Waals surface area contributed by atoms with Gasteiger partial charge in [-0.25, -0.2) is 15.0 Å². The van der Waals surface area contributed by atoms with Crippen molar-refractivity contribution in [2.45, 2.75) is 45.3 Å². The number of hydrogen-bond acceptors (Lipinski definition) is 9. The van der Waals surface area contributed by atoms with E-state index in [-0.39, 0.29) is 0 Å². The summed E-state index contributed by atoms with van der Waals surface area (Å²) in [4.78, 5) is 19.7. The molecule has 166 valence electrons. The third kappa shape index (κ3) is 3.84. The second kappa shape index (κ2) is 8.46. The van der Waals surface area contributed by atoms with Gasteiger partial charge in [0.25, 0.3) is 0 Å². The number of morpholine rings is 1. The number of pyridine rings is 1. The fourth-order valence-electron chi connectivity index (χ4n) is 4.81. The van der Waals surface area contributed by atoms with Crippen LogP contribution in [-0.2, 0) is 17.6 Å². The van der Waals surface area contributed by atoms with Gasteiger partial charge < -0.3 is 24.7 Å². The van der Waals surface area contributed by atoms with Crippen molar-refractivity contribution in [2.75, 3.05) is 49.2 Å². The Hall–Kier alpha value is -2.07. The maximum absolute atomic E-state index is 10.0. The maximum Gasteiger partial charge on any atom is 0.150 e. The zero-order valence-electron chi connectivity index (χ0n) is 18.0. The molecular weight excluding hydrogens is 414 g/mol. The Labute approximate surface area is 185 Å². The van der Waals surface area contributed by atoms with Crippen molar-refractivity contribution < 1.29 is 14.9 Å². The van der Waals surface area contributed by atoms with E-state index in [4.69, 9.17) is 9.72 Å². The van der Waals surface area contributed by atoms with E-state index in [0.717, 1.165) is 77.6 Å². The van der Waals surface area contributed by atoms with Crippen LogP contribution in [0.3, 0.4) is 0 Å². The molecule has 1 aliphatic heterocycles. The van der Waals surface area contributed by atoms with Crippen molar-refractivity contribution in [1.82, 2.24) is 15.0 Å². The van der Waals surface area contributed by atoms with Crippen LogP contribution in [0.15, 0.2) is 6.33 Å². The summed E-state index contributed by atoms with van der Waals surface area (Å²) in [7, 11) is 0. The second-order valence-corrected chi connectivity index (χ2v) is 9.60. The van der Waals surface area contributed by atoms with Crippen LogP contribution in [0.25, 0.3) is 20.4 Å². The minimum absolute atomic E-state index is 0.399. The van der Waals surface area contributed by atoms with E-state index in [9.17, 15) is 10.2 Å². The average Bonchev–Trinajstić information content (AvgIpc) is 3.36. The van der Waals surface area contributed by atoms with E-state index >= 15 is 0 Å². The molecule has 0 spiro atoms. The van der Waals surface area contributed by atoms with Crippen molar-refractivity contribution in [1.29, 1.82) is 0 Å². The first-order valence-electron chi connectivity index (χ1n) is 11.1. The third-order valence-electron chi connectivity index (χ3n) is 6.01. The fraction of sp³-hybridized carbons (Fsp3) is 0.591. The molecular formula is C22H29N5O3S. The highest BCUT2D eigenvalue weighted by molar-refractivity contribution is 7.26. The summed E-state index contributed by atoms with van der Waals surface area (Å²) < 4.78 is 6.52. The van der Waals surface area contributed by atoms with Gasteiger partial charge in [0.2, 0.25) is 0 Å². The molecule has 0 amide bonds. The molecule has 0 bridgehead atoms. The zero-order chi connectivity index (χ0) is 21.5. The molecule has 4 heterocycles. The highest BCUT2D eigenvalue weighted by Gasteiger charge is 2.28. The van der Waals surface area contributed by atoms with Gasteiger partial charge in [0.15, 0.2) is 0 Å². The number of aryl methyl sites for hydroxylation is 1. The number of ether oxygens (including phenoxy) is 1. The first-order valence-corrected chi connectivity index (χ1v) is 11.9. The van der Waals surface area contributed by atoms with Crippen molar-refractivity contribution in [2.24, 2.45) is 0 Å². The molecule has 5 rings (SSSR count). The maximum atomic E-state index is 10.0. The molecule has 31 heavy (non-hydrogen) atoms. The quantitative estimate of drug-likeness (QED) is 0.598. The standard InChI is InChI=1S/C22H29N5O3S/c1-13(28)10-27(11-14(2)29)21-19-18(23-12-24-21)17-15-4-3-5-16(15)20(25-22(17)31-19)26-6-8-30-9-7-26/h12-14,28-29H,3-11H2,1-2H3/t13-,14-/m1/s1. The molecule has 2 aliphatic rings. The second-order valence-electron chi connectivity index (χ2n) is 8.61. The Morgan fingerprint density at radius 1 is 1.10 bits per heavy atom. The van der Waals surface area contributed by atoms with Gasteiger partial charge in [-0.15, -0.1) is 11.3 Å². The van der Waals surface area contributed by atoms with Crippen LogP contribution in [0.2, 0.25) is 0 Å². The third-order valence-corrected chi connectivity index (χ3v) is 7.08. The van der Waals surface area contributed by atoms with E-state index in [2.05, 4.69) is 14.9 Å². The van der Waals surface area contributed by atoms with Crippen molar-refractivity contribution in [3.8, 4) is 0 Å². The fourth-order valence-corrected chi connectivity index (χ4v) is 5.99. The van der Waals surface area contributed by atoms with Gasteiger partial charge in [0.05, 0.1) is 35.6 Å². The van der Waals surface area contributed by atoms with Gasteiger partial charge >= 0.3 is 0 Å². The Balaban J connectivity index is 1.68. The van der Waals surface area contributed by atoms with Gasteiger partial charge in [-0.05, 0) is 44.2 Å². The molecule has 1 aliphatic carbocycles. The Morgan fingerprint density at radius 2 is 1.81 bits per heavy atom. The highest BCUT2D eigenvalue weighted by Crippen LogP contribution is 2.43. The molecule has 0 radical (unpaired) electrons. The number of fused-ring (bicyclic) bond motifs is 5. The van der Waals surface area contributed by atoms with Crippen LogP contribution < -0.4 is 9.80 Å². The smallest absolute Gasteiger partial charge is 0.150 e. The number of rotatable bonds is 6. The lowest BCUT2D eigenvalue weighted by atomic mass is 10.1. The summed E-state index contributed by atoms with van der Waals surface area (Å²) in [5, 5.41) is 21.2. The number of anilines is 2. The zero-order valence-corrected chi connectivity index (χ0v) is 18.9. The molecule has 1 fully saturated rings. The van der Waals surface area contributed by atoms with E-state index in [1.165, 1.54) is 11.1 Å². The molecule has 9 heteroatoms. The van der Waals surface area contributed by atoms with E-state index in [0.29, 0.717) is 13.1 Å². The summed E-state index contributed by atoms with van der Waals surface area (Å²) >= 11 is 1.62. The van der Waals surface area contributed by atoms with Crippen LogP contribution in [-0.4, -0.2) is 76.8 Å². The summed E-state index contributed by atoms with van der Waals surface area (Å²) in [5.41, 5.74) is 3.67. The number of thiophene rings is 1. The summed E-state index contributed by atoms with van der Waals surface area (Å²) in [6.45, 7) is 7.53. The molecule has 3 aromatic rings. The summed E-state index contributed by atoms with van der Waals surface area (Å²) in [6, 6.07) is 0. The molecule has 1 saturated heterocycles. The Bertz CT molecular complexity index is 1080. The Kier molecular flexibility index (Phi) is 5.68. The molecule has 0 unspecified atom stereocenters. The van der Waals surface area contributed by atoms with Crippen LogP contribution in [0, 0.1) is 0 Å². The predicted molar refractivity (Wildman–Crippen MR) is 123 cm³/mol. The first kappa shape index (κ1) is 20.8. The molecule has 3 aromatic heterocycles. The minimum Gasteiger partial charge on any atom is -0.392 e. The minimum atomic E-state index is -0.534. The van der Waals surface area contributed by atoms with Crippen molar-refractivity contribution >= 4 is 43.4 Å². The van der Waals surface area contributed by atoms with Gasteiger partial charge in [-0.2, -0.15) is 0 Å². The molecule has 8 nitrogen and oxygen atoms in total. The van der Waals surface area contributed by atoms with Gasteiger partial charge in [-0.3, -0.25) is 0 Å². The molecule has 0 saturated carbocycles. The monoisotopic (exact) mass is 443 g/mol. The number of aromatic nitrogens is 3. The van der Waals surface area contributed by atoms with Gasteiger partial charge in [0, 0.05) is 31.6 Å². The topological polar surface area (TPSA) is 94.8 Å². The van der Waals surface area contributed by atoms with Gasteiger partial charge in [-0.1, -0.05) is 0 Å². The molecule has 2 N–H and O–H groups in total.